The number of anilines is 1. The second-order valence-corrected chi connectivity index (χ2v) is 8.82. The molecule has 9 heteroatoms. The summed E-state index contributed by atoms with van der Waals surface area (Å²) in [6.07, 6.45) is 3.34. The van der Waals surface area contributed by atoms with Gasteiger partial charge in [0.25, 0.3) is 5.56 Å². The monoisotopic (exact) mass is 426 g/mol. The molecule has 1 aromatic carbocycles. The molecule has 1 aliphatic heterocycles. The van der Waals surface area contributed by atoms with E-state index in [-0.39, 0.29) is 24.1 Å². The summed E-state index contributed by atoms with van der Waals surface area (Å²) in [5.41, 5.74) is 0.655. The van der Waals surface area contributed by atoms with Crippen LogP contribution in [0, 0.1) is 0 Å². The Bertz CT molecular complexity index is 1210. The molecule has 4 heterocycles. The van der Waals surface area contributed by atoms with Crippen molar-refractivity contribution in [1.82, 2.24) is 14.5 Å². The molecular weight excluding hydrogens is 408 g/mol. The average Bonchev–Trinajstić information content (AvgIpc) is 3.48. The van der Waals surface area contributed by atoms with Gasteiger partial charge in [-0.1, -0.05) is 23.5 Å². The lowest BCUT2D eigenvalue weighted by Gasteiger charge is -2.23. The number of fused-ring (bicyclic) bond motifs is 2. The minimum Gasteiger partial charge on any atom is -0.376 e. The topological polar surface area (TPSA) is 77.3 Å². The predicted molar refractivity (Wildman–Crippen MR) is 115 cm³/mol. The Labute approximate surface area is 174 Å². The molecule has 4 aromatic rings. The number of nitrogens with zero attached hydrogens (tertiary/aromatic N) is 4. The third-order valence-corrected chi connectivity index (χ3v) is 6.86. The molecule has 1 atom stereocenters. The Balaban J connectivity index is 1.47. The van der Waals surface area contributed by atoms with Crippen LogP contribution in [-0.4, -0.2) is 39.7 Å². The van der Waals surface area contributed by atoms with Gasteiger partial charge in [-0.05, 0) is 36.4 Å². The highest BCUT2D eigenvalue weighted by Gasteiger charge is 2.26. The lowest BCUT2D eigenvalue weighted by molar-refractivity contribution is -0.119. The molecule has 1 aliphatic rings. The largest absolute Gasteiger partial charge is 0.376 e. The Morgan fingerprint density at radius 3 is 3.03 bits per heavy atom. The Kier molecular flexibility index (Phi) is 4.86. The highest BCUT2D eigenvalue weighted by atomic mass is 32.1. The SMILES string of the molecule is O=C(Cn1cnc2sccc2c1=O)N(C[C@@H]1CCCO1)c1nc2ccccc2s1. The molecule has 1 amide bonds. The number of carbonyl (C=O) groups is 1. The van der Waals surface area contributed by atoms with Crippen molar-refractivity contribution >= 4 is 54.1 Å². The molecule has 0 radical (unpaired) electrons. The van der Waals surface area contributed by atoms with Gasteiger partial charge in [0.05, 0.1) is 34.6 Å². The number of rotatable bonds is 5. The number of carbonyl (C=O) groups excluding carboxylic acids is 1. The lowest BCUT2D eigenvalue weighted by atomic mass is 10.2. The van der Waals surface area contributed by atoms with E-state index in [1.807, 2.05) is 29.6 Å². The first-order valence-electron chi connectivity index (χ1n) is 9.39. The molecular formula is C20H18N4O3S2. The first kappa shape index (κ1) is 18.4. The molecule has 0 unspecified atom stereocenters. The second kappa shape index (κ2) is 7.66. The summed E-state index contributed by atoms with van der Waals surface area (Å²) in [6.45, 7) is 1.06. The highest BCUT2D eigenvalue weighted by molar-refractivity contribution is 7.22. The Morgan fingerprint density at radius 2 is 2.21 bits per heavy atom. The minimum absolute atomic E-state index is 0.0137. The van der Waals surface area contributed by atoms with E-state index in [0.717, 1.165) is 23.1 Å². The maximum absolute atomic E-state index is 13.3. The number of ether oxygens (including phenoxy) is 1. The van der Waals surface area contributed by atoms with E-state index in [9.17, 15) is 9.59 Å². The predicted octanol–water partition coefficient (Wildman–Crippen LogP) is 3.28. The summed E-state index contributed by atoms with van der Waals surface area (Å²) >= 11 is 2.88. The van der Waals surface area contributed by atoms with Crippen molar-refractivity contribution in [1.29, 1.82) is 0 Å². The molecule has 148 valence electrons. The number of para-hydroxylation sites is 1. The number of hydrogen-bond acceptors (Lipinski definition) is 7. The molecule has 1 saturated heterocycles. The second-order valence-electron chi connectivity index (χ2n) is 6.92. The summed E-state index contributed by atoms with van der Waals surface area (Å²) in [5, 5.41) is 3.00. The number of benzene rings is 1. The number of aromatic nitrogens is 3. The zero-order chi connectivity index (χ0) is 19.8. The van der Waals surface area contributed by atoms with Gasteiger partial charge in [0, 0.05) is 6.61 Å². The van der Waals surface area contributed by atoms with E-state index in [2.05, 4.69) is 9.97 Å². The van der Waals surface area contributed by atoms with E-state index >= 15 is 0 Å². The quantitative estimate of drug-likeness (QED) is 0.489. The summed E-state index contributed by atoms with van der Waals surface area (Å²) in [7, 11) is 0. The van der Waals surface area contributed by atoms with Crippen molar-refractivity contribution < 1.29 is 9.53 Å². The zero-order valence-electron chi connectivity index (χ0n) is 15.5. The van der Waals surface area contributed by atoms with Crippen molar-refractivity contribution in [3.63, 3.8) is 0 Å². The van der Waals surface area contributed by atoms with E-state index in [0.29, 0.717) is 28.5 Å². The van der Waals surface area contributed by atoms with Gasteiger partial charge >= 0.3 is 0 Å². The molecule has 1 fully saturated rings. The van der Waals surface area contributed by atoms with Gasteiger partial charge in [-0.2, -0.15) is 0 Å². The smallest absolute Gasteiger partial charge is 0.262 e. The van der Waals surface area contributed by atoms with Crippen molar-refractivity contribution in [3.05, 3.63) is 52.4 Å². The zero-order valence-corrected chi connectivity index (χ0v) is 17.1. The van der Waals surface area contributed by atoms with Crippen LogP contribution in [0.4, 0.5) is 5.13 Å². The summed E-state index contributed by atoms with van der Waals surface area (Å²) < 4.78 is 8.14. The molecule has 29 heavy (non-hydrogen) atoms. The Morgan fingerprint density at radius 1 is 1.31 bits per heavy atom. The van der Waals surface area contributed by atoms with Crippen LogP contribution in [0.2, 0.25) is 0 Å². The van der Waals surface area contributed by atoms with E-state index < -0.39 is 0 Å². The van der Waals surface area contributed by atoms with Crippen LogP contribution in [0.3, 0.4) is 0 Å². The fraction of sp³-hybridized carbons (Fsp3) is 0.300. The van der Waals surface area contributed by atoms with Crippen LogP contribution < -0.4 is 10.5 Å². The molecule has 0 aliphatic carbocycles. The van der Waals surface area contributed by atoms with Gasteiger partial charge in [-0.15, -0.1) is 11.3 Å². The first-order chi connectivity index (χ1) is 14.2. The Hall–Kier alpha value is -2.62. The summed E-state index contributed by atoms with van der Waals surface area (Å²) in [4.78, 5) is 37.2. The van der Waals surface area contributed by atoms with Crippen LogP contribution in [-0.2, 0) is 16.1 Å². The van der Waals surface area contributed by atoms with Crippen molar-refractivity contribution in [2.75, 3.05) is 18.1 Å². The minimum atomic E-state index is -0.203. The summed E-state index contributed by atoms with van der Waals surface area (Å²) in [5.74, 6) is -0.196. The highest BCUT2D eigenvalue weighted by Crippen LogP contribution is 2.30. The number of hydrogen-bond donors (Lipinski definition) is 0. The third kappa shape index (κ3) is 3.57. The maximum atomic E-state index is 13.3. The van der Waals surface area contributed by atoms with Gasteiger partial charge in [-0.25, -0.2) is 9.97 Å². The van der Waals surface area contributed by atoms with Crippen molar-refractivity contribution in [2.24, 2.45) is 0 Å². The van der Waals surface area contributed by atoms with E-state index in [4.69, 9.17) is 4.74 Å². The maximum Gasteiger partial charge on any atom is 0.262 e. The molecule has 7 nitrogen and oxygen atoms in total. The first-order valence-corrected chi connectivity index (χ1v) is 11.1. The van der Waals surface area contributed by atoms with Gasteiger partial charge in [-0.3, -0.25) is 19.1 Å². The van der Waals surface area contributed by atoms with Crippen LogP contribution >= 0.6 is 22.7 Å². The van der Waals surface area contributed by atoms with E-state index in [1.54, 1.807) is 11.0 Å². The van der Waals surface area contributed by atoms with Gasteiger partial charge in [0.15, 0.2) is 5.13 Å². The molecule has 5 rings (SSSR count). The molecule has 0 spiro atoms. The standard InChI is InChI=1S/C20H18N4O3S2/c25-17(11-23-12-21-18-14(19(23)26)7-9-28-18)24(10-13-4-3-8-27-13)20-22-15-5-1-2-6-16(15)29-20/h1-2,5-7,9,12-13H,3-4,8,10-11H2/t13-/m0/s1. The van der Waals surface area contributed by atoms with Crippen LogP contribution in [0.15, 0.2) is 46.8 Å². The van der Waals surface area contributed by atoms with Gasteiger partial charge < -0.3 is 4.74 Å². The number of amides is 1. The third-order valence-electron chi connectivity index (χ3n) is 4.98. The molecule has 3 aromatic heterocycles. The van der Waals surface area contributed by atoms with Crippen LogP contribution in [0.5, 0.6) is 0 Å². The number of thiophene rings is 1. The molecule has 0 saturated carbocycles. The normalized spacial score (nSPS) is 16.6. The lowest BCUT2D eigenvalue weighted by Crippen LogP contribution is -2.41. The fourth-order valence-electron chi connectivity index (χ4n) is 3.49. The fourth-order valence-corrected chi connectivity index (χ4v) is 5.21. The van der Waals surface area contributed by atoms with Gasteiger partial charge in [0.1, 0.15) is 11.4 Å². The van der Waals surface area contributed by atoms with E-state index in [1.165, 1.54) is 33.6 Å². The van der Waals surface area contributed by atoms with Crippen LogP contribution in [0.25, 0.3) is 20.4 Å². The van der Waals surface area contributed by atoms with Crippen LogP contribution in [0.1, 0.15) is 12.8 Å². The average molecular weight is 427 g/mol. The van der Waals surface area contributed by atoms with Crippen molar-refractivity contribution in [2.45, 2.75) is 25.5 Å². The summed E-state index contributed by atoms with van der Waals surface area (Å²) in [6, 6.07) is 9.55. The molecule has 0 bridgehead atoms. The van der Waals surface area contributed by atoms with Crippen molar-refractivity contribution in [3.8, 4) is 0 Å². The number of thiazole rings is 1. The van der Waals surface area contributed by atoms with Gasteiger partial charge in [0.2, 0.25) is 5.91 Å². The molecule has 0 N–H and O–H groups in total.